The number of nitrogens with zero attached hydrogens (tertiary/aromatic N) is 4. The highest BCUT2D eigenvalue weighted by atomic mass is 16.5. The van der Waals surface area contributed by atoms with Gasteiger partial charge in [0.2, 0.25) is 5.88 Å². The van der Waals surface area contributed by atoms with E-state index in [0.29, 0.717) is 11.9 Å². The van der Waals surface area contributed by atoms with Crippen LogP contribution in [0.15, 0.2) is 24.7 Å². The van der Waals surface area contributed by atoms with Crippen LogP contribution in [0.25, 0.3) is 0 Å². The Morgan fingerprint density at radius 2 is 2.15 bits per heavy atom. The standard InChI is InChI=1S/C14H21N5O/c1-10(7-12-5-6-15-13(8-12)20-4)17-11(2)14-16-9-19(3)18-14/h5-6,8-11,17H,7H2,1-4H3/t10-,11-/m0/s1. The van der Waals surface area contributed by atoms with Crippen LogP contribution >= 0.6 is 0 Å². The second-order valence-corrected chi connectivity index (χ2v) is 4.98. The van der Waals surface area contributed by atoms with Gasteiger partial charge in [-0.25, -0.2) is 9.97 Å². The van der Waals surface area contributed by atoms with Gasteiger partial charge in [0.15, 0.2) is 5.82 Å². The Balaban J connectivity index is 1.93. The zero-order valence-corrected chi connectivity index (χ0v) is 12.4. The SMILES string of the molecule is COc1cc(C[C@H](C)N[C@@H](C)c2ncn(C)n2)ccn1. The van der Waals surface area contributed by atoms with Crippen molar-refractivity contribution in [1.82, 2.24) is 25.1 Å². The third-order valence-electron chi connectivity index (χ3n) is 3.09. The van der Waals surface area contributed by atoms with Crippen LogP contribution in [0.5, 0.6) is 5.88 Å². The topological polar surface area (TPSA) is 64.9 Å². The molecule has 1 N–H and O–H groups in total. The molecular formula is C14H21N5O. The van der Waals surface area contributed by atoms with Crippen LogP contribution in [-0.4, -0.2) is 32.9 Å². The van der Waals surface area contributed by atoms with Crippen molar-refractivity contribution < 1.29 is 4.74 Å². The van der Waals surface area contributed by atoms with E-state index in [-0.39, 0.29) is 6.04 Å². The maximum absolute atomic E-state index is 5.14. The third-order valence-corrected chi connectivity index (χ3v) is 3.09. The summed E-state index contributed by atoms with van der Waals surface area (Å²) in [5, 5.41) is 7.81. The van der Waals surface area contributed by atoms with Crippen molar-refractivity contribution in [3.8, 4) is 5.88 Å². The molecule has 0 spiro atoms. The molecule has 0 fully saturated rings. The maximum atomic E-state index is 5.14. The lowest BCUT2D eigenvalue weighted by atomic mass is 10.1. The van der Waals surface area contributed by atoms with Gasteiger partial charge < -0.3 is 10.1 Å². The van der Waals surface area contributed by atoms with E-state index < -0.39 is 0 Å². The van der Waals surface area contributed by atoms with Crippen LogP contribution in [0.3, 0.4) is 0 Å². The Morgan fingerprint density at radius 1 is 1.35 bits per heavy atom. The van der Waals surface area contributed by atoms with Crippen LogP contribution in [0, 0.1) is 0 Å². The minimum absolute atomic E-state index is 0.120. The van der Waals surface area contributed by atoms with Crippen LogP contribution < -0.4 is 10.1 Å². The number of aromatic nitrogens is 4. The van der Waals surface area contributed by atoms with Gasteiger partial charge in [-0.1, -0.05) is 0 Å². The number of methoxy groups -OCH3 is 1. The number of pyridine rings is 1. The molecule has 108 valence electrons. The molecule has 2 rings (SSSR count). The molecule has 0 aliphatic heterocycles. The normalized spacial score (nSPS) is 14.0. The smallest absolute Gasteiger partial charge is 0.213 e. The molecule has 0 radical (unpaired) electrons. The van der Waals surface area contributed by atoms with Crippen LogP contribution in [0.2, 0.25) is 0 Å². The summed E-state index contributed by atoms with van der Waals surface area (Å²) in [6, 6.07) is 4.39. The second-order valence-electron chi connectivity index (χ2n) is 4.98. The second kappa shape index (κ2) is 6.47. The third kappa shape index (κ3) is 3.77. The molecule has 0 saturated carbocycles. The van der Waals surface area contributed by atoms with Crippen LogP contribution in [0.4, 0.5) is 0 Å². The summed E-state index contributed by atoms with van der Waals surface area (Å²) < 4.78 is 6.85. The van der Waals surface area contributed by atoms with Crippen LogP contribution in [-0.2, 0) is 13.5 Å². The molecule has 2 aromatic rings. The lowest BCUT2D eigenvalue weighted by Gasteiger charge is -2.18. The lowest BCUT2D eigenvalue weighted by molar-refractivity contribution is 0.396. The molecule has 2 heterocycles. The first-order valence-electron chi connectivity index (χ1n) is 6.69. The van der Waals surface area contributed by atoms with E-state index in [9.17, 15) is 0 Å². The van der Waals surface area contributed by atoms with Gasteiger partial charge in [-0.2, -0.15) is 5.10 Å². The summed E-state index contributed by atoms with van der Waals surface area (Å²) in [5.74, 6) is 1.46. The predicted molar refractivity (Wildman–Crippen MR) is 76.5 cm³/mol. The number of hydrogen-bond acceptors (Lipinski definition) is 5. The fourth-order valence-corrected chi connectivity index (χ4v) is 2.16. The van der Waals surface area contributed by atoms with E-state index in [1.807, 2.05) is 19.2 Å². The van der Waals surface area contributed by atoms with Crippen molar-refractivity contribution in [2.24, 2.45) is 7.05 Å². The molecule has 0 aliphatic carbocycles. The maximum Gasteiger partial charge on any atom is 0.213 e. The Labute approximate surface area is 119 Å². The quantitative estimate of drug-likeness (QED) is 0.865. The summed E-state index contributed by atoms with van der Waals surface area (Å²) in [6.07, 6.45) is 4.38. The van der Waals surface area contributed by atoms with E-state index in [1.54, 1.807) is 24.3 Å². The predicted octanol–water partition coefficient (Wildman–Crippen LogP) is 1.50. The average Bonchev–Trinajstić information content (AvgIpc) is 2.85. The number of nitrogens with one attached hydrogen (secondary N) is 1. The first-order valence-corrected chi connectivity index (χ1v) is 6.69. The first-order chi connectivity index (χ1) is 9.58. The lowest BCUT2D eigenvalue weighted by Crippen LogP contribution is -2.31. The van der Waals surface area contributed by atoms with Gasteiger partial charge >= 0.3 is 0 Å². The highest BCUT2D eigenvalue weighted by Gasteiger charge is 2.13. The minimum atomic E-state index is 0.120. The molecule has 0 unspecified atom stereocenters. The van der Waals surface area contributed by atoms with Crippen LogP contribution in [0.1, 0.15) is 31.3 Å². The van der Waals surface area contributed by atoms with E-state index in [2.05, 4.69) is 34.2 Å². The molecule has 2 atom stereocenters. The van der Waals surface area contributed by atoms with Gasteiger partial charge in [0, 0.05) is 25.4 Å². The van der Waals surface area contributed by atoms with Crippen molar-refractivity contribution in [1.29, 1.82) is 0 Å². The van der Waals surface area contributed by atoms with Crippen molar-refractivity contribution in [2.45, 2.75) is 32.4 Å². The van der Waals surface area contributed by atoms with Gasteiger partial charge in [0.25, 0.3) is 0 Å². The Hall–Kier alpha value is -1.95. The first kappa shape index (κ1) is 14.5. The highest BCUT2D eigenvalue weighted by molar-refractivity contribution is 5.21. The zero-order valence-electron chi connectivity index (χ0n) is 12.4. The molecule has 0 aliphatic rings. The molecule has 0 aromatic carbocycles. The monoisotopic (exact) mass is 275 g/mol. The number of aryl methyl sites for hydroxylation is 1. The molecule has 0 amide bonds. The van der Waals surface area contributed by atoms with E-state index in [0.717, 1.165) is 12.2 Å². The summed E-state index contributed by atoms with van der Waals surface area (Å²) in [4.78, 5) is 8.37. The van der Waals surface area contributed by atoms with Crippen molar-refractivity contribution in [3.63, 3.8) is 0 Å². The van der Waals surface area contributed by atoms with Crippen molar-refractivity contribution >= 4 is 0 Å². The summed E-state index contributed by atoms with van der Waals surface area (Å²) >= 11 is 0. The summed E-state index contributed by atoms with van der Waals surface area (Å²) in [5.41, 5.74) is 1.19. The summed E-state index contributed by atoms with van der Waals surface area (Å²) in [6.45, 7) is 4.21. The average molecular weight is 275 g/mol. The molecular weight excluding hydrogens is 254 g/mol. The van der Waals surface area contributed by atoms with Crippen molar-refractivity contribution in [3.05, 3.63) is 36.0 Å². The Morgan fingerprint density at radius 3 is 2.80 bits per heavy atom. The van der Waals surface area contributed by atoms with Crippen molar-refractivity contribution in [2.75, 3.05) is 7.11 Å². The van der Waals surface area contributed by atoms with Gasteiger partial charge in [-0.05, 0) is 31.9 Å². The highest BCUT2D eigenvalue weighted by Crippen LogP contribution is 2.12. The summed E-state index contributed by atoms with van der Waals surface area (Å²) in [7, 11) is 3.50. The van der Waals surface area contributed by atoms with Gasteiger partial charge in [0.05, 0.1) is 13.2 Å². The molecule has 0 saturated heterocycles. The van der Waals surface area contributed by atoms with E-state index in [1.165, 1.54) is 5.56 Å². The van der Waals surface area contributed by atoms with E-state index in [4.69, 9.17) is 4.74 Å². The van der Waals surface area contributed by atoms with Gasteiger partial charge in [0.1, 0.15) is 6.33 Å². The molecule has 2 aromatic heterocycles. The minimum Gasteiger partial charge on any atom is -0.481 e. The largest absolute Gasteiger partial charge is 0.481 e. The van der Waals surface area contributed by atoms with Gasteiger partial charge in [-0.3, -0.25) is 4.68 Å². The number of rotatable bonds is 6. The molecule has 6 nitrogen and oxygen atoms in total. The fraction of sp³-hybridized carbons (Fsp3) is 0.500. The van der Waals surface area contributed by atoms with E-state index >= 15 is 0 Å². The molecule has 20 heavy (non-hydrogen) atoms. The van der Waals surface area contributed by atoms with Gasteiger partial charge in [-0.15, -0.1) is 0 Å². The molecule has 0 bridgehead atoms. The zero-order chi connectivity index (χ0) is 14.5. The Kier molecular flexibility index (Phi) is 4.68. The number of hydrogen-bond donors (Lipinski definition) is 1. The Bertz CT molecular complexity index is 554. The molecule has 6 heteroatoms. The fourth-order valence-electron chi connectivity index (χ4n) is 2.16. The number of ether oxygens (including phenoxy) is 1.